The largest absolute Gasteiger partial charge is 0.342 e. The summed E-state index contributed by atoms with van der Waals surface area (Å²) >= 11 is 5.75. The molecule has 0 spiro atoms. The van der Waals surface area contributed by atoms with Crippen molar-refractivity contribution in [2.75, 3.05) is 4.90 Å². The van der Waals surface area contributed by atoms with E-state index in [2.05, 4.69) is 5.32 Å². The molecule has 1 saturated heterocycles. The van der Waals surface area contributed by atoms with E-state index >= 15 is 0 Å². The molecular formula is C15H18ClFN2O2. The van der Waals surface area contributed by atoms with E-state index in [0.29, 0.717) is 6.42 Å². The van der Waals surface area contributed by atoms with Crippen molar-refractivity contribution in [3.05, 3.63) is 29.0 Å². The zero-order valence-electron chi connectivity index (χ0n) is 12.2. The van der Waals surface area contributed by atoms with E-state index in [9.17, 15) is 14.0 Å². The smallest absolute Gasteiger partial charge is 0.250 e. The molecule has 0 radical (unpaired) electrons. The number of amides is 2. The zero-order valence-corrected chi connectivity index (χ0v) is 12.9. The summed E-state index contributed by atoms with van der Waals surface area (Å²) in [5.74, 6) is -1.23. The van der Waals surface area contributed by atoms with Gasteiger partial charge in [0.05, 0.1) is 5.69 Å². The minimum atomic E-state index is -0.705. The number of benzene rings is 1. The third-order valence-electron chi connectivity index (χ3n) is 3.64. The Bertz CT molecular complexity index is 577. The number of halogens is 2. The predicted octanol–water partition coefficient (Wildman–Crippen LogP) is 2.75. The van der Waals surface area contributed by atoms with Gasteiger partial charge in [0.15, 0.2) is 0 Å². The Labute approximate surface area is 128 Å². The topological polar surface area (TPSA) is 49.4 Å². The fraction of sp³-hybridized carbons (Fsp3) is 0.467. The Morgan fingerprint density at radius 3 is 2.57 bits per heavy atom. The van der Waals surface area contributed by atoms with Gasteiger partial charge in [-0.05, 0) is 30.5 Å². The van der Waals surface area contributed by atoms with Crippen molar-refractivity contribution >= 4 is 29.1 Å². The summed E-state index contributed by atoms with van der Waals surface area (Å²) in [4.78, 5) is 26.1. The van der Waals surface area contributed by atoms with Crippen LogP contribution in [0.1, 0.15) is 27.2 Å². The highest BCUT2D eigenvalue weighted by molar-refractivity contribution is 6.30. The first-order chi connectivity index (χ1) is 9.86. The van der Waals surface area contributed by atoms with Crippen LogP contribution in [0.3, 0.4) is 0 Å². The van der Waals surface area contributed by atoms with E-state index in [1.54, 1.807) is 6.92 Å². The summed E-state index contributed by atoms with van der Waals surface area (Å²) in [6.07, 6.45) is 0.407. The van der Waals surface area contributed by atoms with Crippen molar-refractivity contribution in [1.29, 1.82) is 0 Å². The normalized spacial score (nSPS) is 22.7. The van der Waals surface area contributed by atoms with Crippen LogP contribution >= 0.6 is 11.6 Å². The van der Waals surface area contributed by atoms with E-state index in [1.807, 2.05) is 13.8 Å². The van der Waals surface area contributed by atoms with Crippen molar-refractivity contribution in [3.63, 3.8) is 0 Å². The van der Waals surface area contributed by atoms with E-state index in [1.165, 1.54) is 17.0 Å². The maximum atomic E-state index is 14.2. The average Bonchev–Trinajstić information content (AvgIpc) is 2.41. The number of hydrogen-bond acceptors (Lipinski definition) is 2. The lowest BCUT2D eigenvalue weighted by molar-refractivity contribution is -0.135. The minimum Gasteiger partial charge on any atom is -0.342 e. The highest BCUT2D eigenvalue weighted by Gasteiger charge is 2.42. The van der Waals surface area contributed by atoms with Gasteiger partial charge in [-0.15, -0.1) is 0 Å². The number of carbonyl (C=O) groups excluding carboxylic acids is 2. The van der Waals surface area contributed by atoms with E-state index in [-0.39, 0.29) is 28.4 Å². The van der Waals surface area contributed by atoms with Crippen LogP contribution in [-0.2, 0) is 9.59 Å². The molecule has 1 aromatic carbocycles. The predicted molar refractivity (Wildman–Crippen MR) is 79.7 cm³/mol. The van der Waals surface area contributed by atoms with Crippen LogP contribution in [0.25, 0.3) is 0 Å². The van der Waals surface area contributed by atoms with Crippen LogP contribution in [-0.4, -0.2) is 23.9 Å². The molecule has 6 heteroatoms. The average molecular weight is 313 g/mol. The van der Waals surface area contributed by atoms with Gasteiger partial charge in [0.2, 0.25) is 5.91 Å². The zero-order chi connectivity index (χ0) is 15.7. The van der Waals surface area contributed by atoms with Crippen molar-refractivity contribution in [2.24, 2.45) is 5.92 Å². The molecule has 1 heterocycles. The number of hydrogen-bond donors (Lipinski definition) is 1. The minimum absolute atomic E-state index is 0.0721. The third kappa shape index (κ3) is 2.88. The molecule has 2 amide bonds. The number of nitrogens with one attached hydrogen (secondary N) is 1. The number of piperazine rings is 1. The molecule has 1 aliphatic rings. The highest BCUT2D eigenvalue weighted by atomic mass is 35.5. The van der Waals surface area contributed by atoms with Gasteiger partial charge in [-0.2, -0.15) is 0 Å². The van der Waals surface area contributed by atoms with Gasteiger partial charge >= 0.3 is 0 Å². The Hall–Kier alpha value is -1.62. The first-order valence-electron chi connectivity index (χ1n) is 6.95. The molecule has 0 bridgehead atoms. The first-order valence-corrected chi connectivity index (χ1v) is 7.33. The Balaban J connectivity index is 2.49. The van der Waals surface area contributed by atoms with Crippen LogP contribution in [0, 0.1) is 11.7 Å². The summed E-state index contributed by atoms with van der Waals surface area (Å²) in [5, 5.41) is 2.97. The molecule has 1 fully saturated rings. The highest BCUT2D eigenvalue weighted by Crippen LogP contribution is 2.29. The van der Waals surface area contributed by atoms with Gasteiger partial charge in [-0.3, -0.25) is 14.5 Å². The summed E-state index contributed by atoms with van der Waals surface area (Å²) in [7, 11) is 0. The van der Waals surface area contributed by atoms with Crippen molar-refractivity contribution in [1.82, 2.24) is 5.32 Å². The molecule has 1 aliphatic heterocycles. The molecule has 21 heavy (non-hydrogen) atoms. The Morgan fingerprint density at radius 1 is 1.38 bits per heavy atom. The third-order valence-corrected chi connectivity index (χ3v) is 3.87. The number of anilines is 1. The van der Waals surface area contributed by atoms with Crippen LogP contribution in [0.2, 0.25) is 5.02 Å². The molecule has 0 aliphatic carbocycles. The molecule has 0 saturated carbocycles. The lowest BCUT2D eigenvalue weighted by atomic mass is 9.96. The molecule has 0 aromatic heterocycles. The number of carbonyl (C=O) groups is 2. The standard InChI is InChI=1S/C15H18ClFN2O2/c1-4-11-14(20)18-13(8(2)3)15(21)19(11)12-6-5-9(16)7-10(12)17/h5-8,11,13H,4H2,1-3H3,(H,18,20). The summed E-state index contributed by atoms with van der Waals surface area (Å²) in [6.45, 7) is 5.46. The fourth-order valence-corrected chi connectivity index (χ4v) is 2.67. The number of nitrogens with zero attached hydrogens (tertiary/aromatic N) is 1. The first kappa shape index (κ1) is 15.8. The monoisotopic (exact) mass is 312 g/mol. The van der Waals surface area contributed by atoms with Crippen molar-refractivity contribution in [3.8, 4) is 0 Å². The van der Waals surface area contributed by atoms with Crippen LogP contribution in [0.4, 0.5) is 10.1 Å². The Morgan fingerprint density at radius 2 is 2.05 bits per heavy atom. The van der Waals surface area contributed by atoms with E-state index < -0.39 is 17.9 Å². The van der Waals surface area contributed by atoms with Crippen LogP contribution < -0.4 is 10.2 Å². The molecule has 2 atom stereocenters. The quantitative estimate of drug-likeness (QED) is 0.933. The van der Waals surface area contributed by atoms with Gasteiger partial charge in [-0.25, -0.2) is 4.39 Å². The van der Waals surface area contributed by atoms with Gasteiger partial charge in [0.1, 0.15) is 17.9 Å². The second-order valence-corrected chi connectivity index (χ2v) is 5.89. The maximum Gasteiger partial charge on any atom is 0.250 e. The molecule has 1 N–H and O–H groups in total. The lowest BCUT2D eigenvalue weighted by Gasteiger charge is -2.40. The van der Waals surface area contributed by atoms with E-state index in [4.69, 9.17) is 11.6 Å². The Kier molecular flexibility index (Phi) is 4.52. The van der Waals surface area contributed by atoms with Crippen LogP contribution in [0.5, 0.6) is 0 Å². The van der Waals surface area contributed by atoms with Gasteiger partial charge in [-0.1, -0.05) is 32.4 Å². The summed E-state index contributed by atoms with van der Waals surface area (Å²) in [5.41, 5.74) is 0.0942. The molecule has 2 unspecified atom stereocenters. The molecule has 1 aromatic rings. The lowest BCUT2D eigenvalue weighted by Crippen LogP contribution is -2.65. The SMILES string of the molecule is CCC1C(=O)NC(C(C)C)C(=O)N1c1ccc(Cl)cc1F. The fourth-order valence-electron chi connectivity index (χ4n) is 2.51. The van der Waals surface area contributed by atoms with E-state index in [0.717, 1.165) is 6.07 Å². The molecule has 4 nitrogen and oxygen atoms in total. The summed E-state index contributed by atoms with van der Waals surface area (Å²) in [6, 6.07) is 2.75. The van der Waals surface area contributed by atoms with Gasteiger partial charge < -0.3 is 5.32 Å². The van der Waals surface area contributed by atoms with Gasteiger partial charge in [0, 0.05) is 5.02 Å². The van der Waals surface area contributed by atoms with Crippen molar-refractivity contribution < 1.29 is 14.0 Å². The second kappa shape index (κ2) is 6.02. The van der Waals surface area contributed by atoms with Crippen LogP contribution in [0.15, 0.2) is 18.2 Å². The molecule has 2 rings (SSSR count). The molecular weight excluding hydrogens is 295 g/mol. The summed E-state index contributed by atoms with van der Waals surface area (Å²) < 4.78 is 14.2. The second-order valence-electron chi connectivity index (χ2n) is 5.46. The maximum absolute atomic E-state index is 14.2. The molecule has 114 valence electrons. The van der Waals surface area contributed by atoms with Crippen molar-refractivity contribution in [2.45, 2.75) is 39.3 Å². The number of rotatable bonds is 3. The van der Waals surface area contributed by atoms with Gasteiger partial charge in [0.25, 0.3) is 5.91 Å².